The Morgan fingerprint density at radius 1 is 1.08 bits per heavy atom. The van der Waals surface area contributed by atoms with Crippen molar-refractivity contribution in [1.29, 1.82) is 0 Å². The molecule has 152 valence electrons. The predicted octanol–water partition coefficient (Wildman–Crippen LogP) is 2.53. The fourth-order valence-corrected chi connectivity index (χ4v) is 3.50. The number of nitrogens with one attached hydrogen (secondary N) is 1. The van der Waals surface area contributed by atoms with E-state index in [-0.39, 0.29) is 0 Å². The average Bonchev–Trinajstić information content (AvgIpc) is 2.69. The summed E-state index contributed by atoms with van der Waals surface area (Å²) < 4.78 is 16.7. The molecule has 0 aromatic rings. The van der Waals surface area contributed by atoms with E-state index in [4.69, 9.17) is 19.2 Å². The molecule has 0 unspecified atom stereocenters. The van der Waals surface area contributed by atoms with Crippen LogP contribution < -0.4 is 5.32 Å². The van der Waals surface area contributed by atoms with Crippen molar-refractivity contribution in [3.05, 3.63) is 0 Å². The molecule has 0 aromatic carbocycles. The zero-order valence-corrected chi connectivity index (χ0v) is 16.9. The minimum absolute atomic E-state index is 0.681. The van der Waals surface area contributed by atoms with Gasteiger partial charge in [-0.1, -0.05) is 0 Å². The van der Waals surface area contributed by atoms with Crippen LogP contribution in [0, 0.1) is 11.8 Å². The second kappa shape index (κ2) is 13.3. The number of hydrogen-bond acceptors (Lipinski definition) is 4. The lowest BCUT2D eigenvalue weighted by Gasteiger charge is -2.26. The van der Waals surface area contributed by atoms with Gasteiger partial charge in [0.05, 0.1) is 0 Å². The fraction of sp³-hybridized carbons (Fsp3) is 0.950. The molecule has 2 heterocycles. The quantitative estimate of drug-likeness (QED) is 0.364. The molecule has 2 fully saturated rings. The van der Waals surface area contributed by atoms with Crippen LogP contribution in [0.4, 0.5) is 0 Å². The van der Waals surface area contributed by atoms with Crippen molar-refractivity contribution in [2.75, 3.05) is 66.3 Å². The van der Waals surface area contributed by atoms with Gasteiger partial charge in [-0.25, -0.2) is 0 Å². The second-order valence-corrected chi connectivity index (χ2v) is 7.49. The maximum absolute atomic E-state index is 5.83. The molecule has 0 bridgehead atoms. The maximum atomic E-state index is 5.83. The Bertz CT molecular complexity index is 380. The first-order valence-electron chi connectivity index (χ1n) is 10.5. The van der Waals surface area contributed by atoms with E-state index in [2.05, 4.69) is 24.2 Å². The summed E-state index contributed by atoms with van der Waals surface area (Å²) in [6, 6.07) is 0. The Hall–Kier alpha value is -0.850. The normalized spacial score (nSPS) is 20.3. The molecule has 2 rings (SSSR count). The van der Waals surface area contributed by atoms with Gasteiger partial charge < -0.3 is 24.4 Å². The standard InChI is InChI=1S/C20H39N3O3/c1-3-21-20(23(2)11-5-18-6-13-24-14-7-18)22-10-4-12-26-17-19-8-15-25-16-9-19/h18-19H,3-17H2,1-2H3,(H,21,22). The van der Waals surface area contributed by atoms with E-state index in [1.165, 1.54) is 19.3 Å². The molecule has 2 aliphatic rings. The van der Waals surface area contributed by atoms with Crippen molar-refractivity contribution < 1.29 is 14.2 Å². The topological polar surface area (TPSA) is 55.3 Å². The van der Waals surface area contributed by atoms with Crippen LogP contribution in [-0.4, -0.2) is 77.2 Å². The second-order valence-electron chi connectivity index (χ2n) is 7.49. The van der Waals surface area contributed by atoms with Crippen LogP contribution >= 0.6 is 0 Å². The number of ether oxygens (including phenoxy) is 3. The van der Waals surface area contributed by atoms with Crippen molar-refractivity contribution in [3.63, 3.8) is 0 Å². The number of hydrogen-bond donors (Lipinski definition) is 1. The largest absolute Gasteiger partial charge is 0.381 e. The number of aliphatic imine (C=N–C) groups is 1. The van der Waals surface area contributed by atoms with Gasteiger partial charge in [0.1, 0.15) is 0 Å². The zero-order valence-electron chi connectivity index (χ0n) is 16.9. The molecule has 2 saturated heterocycles. The number of guanidine groups is 1. The van der Waals surface area contributed by atoms with Gasteiger partial charge in [-0.3, -0.25) is 4.99 Å². The first-order valence-corrected chi connectivity index (χ1v) is 10.5. The molecule has 0 radical (unpaired) electrons. The predicted molar refractivity (Wildman–Crippen MR) is 106 cm³/mol. The van der Waals surface area contributed by atoms with Crippen LogP contribution in [0.1, 0.15) is 45.4 Å². The molecule has 0 aliphatic carbocycles. The van der Waals surface area contributed by atoms with E-state index in [0.717, 1.165) is 90.4 Å². The molecular weight excluding hydrogens is 330 g/mol. The monoisotopic (exact) mass is 369 g/mol. The van der Waals surface area contributed by atoms with Crippen LogP contribution in [0.25, 0.3) is 0 Å². The van der Waals surface area contributed by atoms with Crippen molar-refractivity contribution in [1.82, 2.24) is 10.2 Å². The van der Waals surface area contributed by atoms with Crippen molar-refractivity contribution >= 4 is 5.96 Å². The Labute approximate surface area is 159 Å². The number of nitrogens with zero attached hydrogens (tertiary/aromatic N) is 2. The SMILES string of the molecule is CCNC(=NCCCOCC1CCOCC1)N(C)CCC1CCOCC1. The van der Waals surface area contributed by atoms with Gasteiger partial charge in [0.25, 0.3) is 0 Å². The summed E-state index contributed by atoms with van der Waals surface area (Å²) in [6.45, 7) is 10.2. The maximum Gasteiger partial charge on any atom is 0.193 e. The summed E-state index contributed by atoms with van der Waals surface area (Å²) in [6.07, 6.45) is 6.88. The van der Waals surface area contributed by atoms with E-state index in [0.29, 0.717) is 5.92 Å². The Kier molecular flexibility index (Phi) is 11.0. The van der Waals surface area contributed by atoms with Crippen LogP contribution in [0.3, 0.4) is 0 Å². The van der Waals surface area contributed by atoms with Gasteiger partial charge in [-0.05, 0) is 57.3 Å². The van der Waals surface area contributed by atoms with Gasteiger partial charge in [0.15, 0.2) is 5.96 Å². The van der Waals surface area contributed by atoms with E-state index in [9.17, 15) is 0 Å². The summed E-state index contributed by atoms with van der Waals surface area (Å²) >= 11 is 0. The highest BCUT2D eigenvalue weighted by Gasteiger charge is 2.15. The molecule has 26 heavy (non-hydrogen) atoms. The third-order valence-corrected chi connectivity index (χ3v) is 5.31. The summed E-state index contributed by atoms with van der Waals surface area (Å²) in [5, 5.41) is 3.41. The van der Waals surface area contributed by atoms with Crippen LogP contribution in [0.2, 0.25) is 0 Å². The van der Waals surface area contributed by atoms with Crippen LogP contribution in [-0.2, 0) is 14.2 Å². The highest BCUT2D eigenvalue weighted by molar-refractivity contribution is 5.79. The van der Waals surface area contributed by atoms with Gasteiger partial charge in [0, 0.05) is 66.3 Å². The highest BCUT2D eigenvalue weighted by atomic mass is 16.5. The summed E-state index contributed by atoms with van der Waals surface area (Å²) in [7, 11) is 2.14. The van der Waals surface area contributed by atoms with Crippen molar-refractivity contribution in [2.24, 2.45) is 16.8 Å². The van der Waals surface area contributed by atoms with Gasteiger partial charge in [-0.15, -0.1) is 0 Å². The lowest BCUT2D eigenvalue weighted by Crippen LogP contribution is -2.40. The zero-order chi connectivity index (χ0) is 18.5. The van der Waals surface area contributed by atoms with Crippen LogP contribution in [0.5, 0.6) is 0 Å². The smallest absolute Gasteiger partial charge is 0.193 e. The Morgan fingerprint density at radius 2 is 1.73 bits per heavy atom. The van der Waals surface area contributed by atoms with Crippen LogP contribution in [0.15, 0.2) is 4.99 Å². The van der Waals surface area contributed by atoms with Crippen molar-refractivity contribution in [2.45, 2.75) is 45.4 Å². The first-order chi connectivity index (χ1) is 12.8. The molecule has 0 spiro atoms. The molecule has 6 heteroatoms. The molecule has 0 aromatic heterocycles. The van der Waals surface area contributed by atoms with Gasteiger partial charge in [-0.2, -0.15) is 0 Å². The molecule has 6 nitrogen and oxygen atoms in total. The summed E-state index contributed by atoms with van der Waals surface area (Å²) in [4.78, 5) is 7.03. The Balaban J connectivity index is 1.59. The molecule has 0 atom stereocenters. The highest BCUT2D eigenvalue weighted by Crippen LogP contribution is 2.18. The molecule has 0 saturated carbocycles. The lowest BCUT2D eigenvalue weighted by atomic mass is 9.96. The lowest BCUT2D eigenvalue weighted by molar-refractivity contribution is 0.0205. The third kappa shape index (κ3) is 8.69. The summed E-state index contributed by atoms with van der Waals surface area (Å²) in [5.41, 5.74) is 0. The average molecular weight is 370 g/mol. The van der Waals surface area contributed by atoms with Gasteiger partial charge in [0.2, 0.25) is 0 Å². The van der Waals surface area contributed by atoms with E-state index >= 15 is 0 Å². The van der Waals surface area contributed by atoms with E-state index in [1.54, 1.807) is 0 Å². The molecule has 2 aliphatic heterocycles. The Morgan fingerprint density at radius 3 is 2.38 bits per heavy atom. The van der Waals surface area contributed by atoms with E-state index in [1.807, 2.05) is 0 Å². The third-order valence-electron chi connectivity index (χ3n) is 5.31. The molecule has 1 N–H and O–H groups in total. The summed E-state index contributed by atoms with van der Waals surface area (Å²) in [5.74, 6) is 2.50. The van der Waals surface area contributed by atoms with Crippen molar-refractivity contribution in [3.8, 4) is 0 Å². The minimum Gasteiger partial charge on any atom is -0.381 e. The van der Waals surface area contributed by atoms with E-state index < -0.39 is 0 Å². The minimum atomic E-state index is 0.681. The molecule has 0 amide bonds. The number of rotatable bonds is 10. The fourth-order valence-electron chi connectivity index (χ4n) is 3.50. The first kappa shape index (κ1) is 21.5. The molecular formula is C20H39N3O3. The van der Waals surface area contributed by atoms with Gasteiger partial charge >= 0.3 is 0 Å².